The van der Waals surface area contributed by atoms with Crippen LogP contribution in [0.5, 0.6) is 0 Å². The molecule has 0 saturated carbocycles. The van der Waals surface area contributed by atoms with Gasteiger partial charge in [-0.3, -0.25) is 4.31 Å². The Labute approximate surface area is 209 Å². The lowest BCUT2D eigenvalue weighted by molar-refractivity contribution is 0.599. The number of benzene rings is 1. The van der Waals surface area contributed by atoms with E-state index in [0.717, 1.165) is 35.4 Å². The summed E-state index contributed by atoms with van der Waals surface area (Å²) in [5.41, 5.74) is 3.67. The molecule has 35 heavy (non-hydrogen) atoms. The molecule has 0 spiro atoms. The molecular weight excluding hydrogens is 482 g/mol. The lowest BCUT2D eigenvalue weighted by Crippen LogP contribution is -2.32. The zero-order chi connectivity index (χ0) is 24.4. The van der Waals surface area contributed by atoms with Crippen LogP contribution >= 0.6 is 11.8 Å². The van der Waals surface area contributed by atoms with E-state index in [1.54, 1.807) is 18.5 Å². The number of aromatic nitrogens is 4. The van der Waals surface area contributed by atoms with Crippen LogP contribution < -0.4 is 14.5 Å². The van der Waals surface area contributed by atoms with E-state index in [2.05, 4.69) is 32.3 Å². The largest absolute Gasteiger partial charge is 0.370 e. The summed E-state index contributed by atoms with van der Waals surface area (Å²) in [6.45, 7) is 2.57. The van der Waals surface area contributed by atoms with Crippen molar-refractivity contribution >= 4 is 56.0 Å². The summed E-state index contributed by atoms with van der Waals surface area (Å²) in [6, 6.07) is 14.0. The predicted molar refractivity (Wildman–Crippen MR) is 143 cm³/mol. The van der Waals surface area contributed by atoms with E-state index in [-0.39, 0.29) is 0 Å². The van der Waals surface area contributed by atoms with E-state index in [0.29, 0.717) is 18.3 Å². The quantitative estimate of drug-likeness (QED) is 0.404. The highest BCUT2D eigenvalue weighted by molar-refractivity contribution is 7.99. The molecule has 1 aliphatic heterocycles. The average Bonchev–Trinajstić information content (AvgIpc) is 3.26. The molecule has 1 fully saturated rings. The normalized spacial score (nSPS) is 14.3. The van der Waals surface area contributed by atoms with Crippen LogP contribution in [0.3, 0.4) is 0 Å². The van der Waals surface area contributed by atoms with Gasteiger partial charge in [0.25, 0.3) is 0 Å². The molecule has 1 N–H and O–H groups in total. The monoisotopic (exact) mass is 509 g/mol. The Morgan fingerprint density at radius 2 is 1.86 bits per heavy atom. The zero-order valence-electron chi connectivity index (χ0n) is 19.6. The van der Waals surface area contributed by atoms with Crippen molar-refractivity contribution in [3.05, 3.63) is 66.6 Å². The molecule has 4 aromatic rings. The van der Waals surface area contributed by atoms with Crippen LogP contribution in [0, 0.1) is 0 Å². The maximum absolute atomic E-state index is 12.1. The zero-order valence-corrected chi connectivity index (χ0v) is 21.3. The van der Waals surface area contributed by atoms with Gasteiger partial charge in [0, 0.05) is 72.6 Å². The van der Waals surface area contributed by atoms with Crippen LogP contribution in [0.25, 0.3) is 11.0 Å². The number of sulfonamides is 1. The maximum Gasteiger partial charge on any atom is 0.233 e. The summed E-state index contributed by atoms with van der Waals surface area (Å²) in [5.74, 6) is 3.23. The molecule has 0 aliphatic carbocycles. The molecule has 0 unspecified atom stereocenters. The third kappa shape index (κ3) is 5.20. The lowest BCUT2D eigenvalue weighted by atomic mass is 10.2. The number of fused-ring (bicyclic) bond motifs is 1. The van der Waals surface area contributed by atoms with Crippen molar-refractivity contribution in [2.75, 3.05) is 52.4 Å². The van der Waals surface area contributed by atoms with Gasteiger partial charge in [-0.1, -0.05) is 6.07 Å². The fourth-order valence-corrected chi connectivity index (χ4v) is 5.42. The number of hydrogen-bond acceptors (Lipinski definition) is 8. The molecular formula is C24H27N7O2S2. The number of rotatable bonds is 7. The molecule has 1 aliphatic rings. The van der Waals surface area contributed by atoms with Gasteiger partial charge in [0.2, 0.25) is 16.0 Å². The van der Waals surface area contributed by atoms with E-state index in [4.69, 9.17) is 4.98 Å². The van der Waals surface area contributed by atoms with Crippen molar-refractivity contribution < 1.29 is 8.42 Å². The second kappa shape index (κ2) is 9.74. The van der Waals surface area contributed by atoms with E-state index < -0.39 is 10.0 Å². The average molecular weight is 510 g/mol. The summed E-state index contributed by atoms with van der Waals surface area (Å²) in [5, 5.41) is 4.20. The van der Waals surface area contributed by atoms with E-state index in [1.807, 2.05) is 46.8 Å². The Balaban J connectivity index is 1.37. The number of nitrogens with zero attached hydrogens (tertiary/aromatic N) is 6. The predicted octanol–water partition coefficient (Wildman–Crippen LogP) is 3.57. The number of nitrogens with one attached hydrogen (secondary N) is 1. The number of hydrogen-bond donors (Lipinski definition) is 1. The standard InChI is InChI=1S/C24H27N7O2S2/c1-29(35(2,32)33)22-19(4-3-10-25-22)17-31-11-9-18-16-26-24(28-23(18)31)27-20-5-7-21(8-6-20)30-12-14-34-15-13-30/h3-11,16H,12-15,17H2,1-2H3,(H,26,27,28). The van der Waals surface area contributed by atoms with Crippen molar-refractivity contribution in [1.82, 2.24) is 19.5 Å². The SMILES string of the molecule is CN(c1ncccc1Cn1ccc2cnc(Nc3ccc(N4CCSCC4)cc3)nc21)S(C)(=O)=O. The van der Waals surface area contributed by atoms with Crippen LogP contribution in [-0.2, 0) is 16.6 Å². The first kappa shape index (κ1) is 23.4. The van der Waals surface area contributed by atoms with Gasteiger partial charge in [0.15, 0.2) is 0 Å². The van der Waals surface area contributed by atoms with Gasteiger partial charge >= 0.3 is 0 Å². The van der Waals surface area contributed by atoms with Crippen LogP contribution in [0.2, 0.25) is 0 Å². The molecule has 0 atom stereocenters. The number of pyridine rings is 1. The summed E-state index contributed by atoms with van der Waals surface area (Å²) in [6.07, 6.45) is 6.47. The maximum atomic E-state index is 12.1. The summed E-state index contributed by atoms with van der Waals surface area (Å²) in [4.78, 5) is 15.9. The Morgan fingerprint density at radius 3 is 2.60 bits per heavy atom. The summed E-state index contributed by atoms with van der Waals surface area (Å²) in [7, 11) is -1.92. The van der Waals surface area contributed by atoms with Gasteiger partial charge in [-0.05, 0) is 36.4 Å². The highest BCUT2D eigenvalue weighted by atomic mass is 32.2. The van der Waals surface area contributed by atoms with Crippen LogP contribution in [0.1, 0.15) is 5.56 Å². The summed E-state index contributed by atoms with van der Waals surface area (Å²) >= 11 is 2.00. The Hall–Kier alpha value is -3.31. The highest BCUT2D eigenvalue weighted by Gasteiger charge is 2.18. The fourth-order valence-electron chi connectivity index (χ4n) is 4.04. The van der Waals surface area contributed by atoms with Crippen molar-refractivity contribution in [2.45, 2.75) is 6.54 Å². The molecule has 0 amide bonds. The van der Waals surface area contributed by atoms with Crippen LogP contribution in [0.15, 0.2) is 61.1 Å². The van der Waals surface area contributed by atoms with Gasteiger partial charge in [-0.25, -0.2) is 18.4 Å². The Kier molecular flexibility index (Phi) is 6.52. The van der Waals surface area contributed by atoms with E-state index in [1.165, 1.54) is 34.8 Å². The molecule has 1 saturated heterocycles. The summed E-state index contributed by atoms with van der Waals surface area (Å²) < 4.78 is 27.3. The van der Waals surface area contributed by atoms with Gasteiger partial charge in [0.05, 0.1) is 12.8 Å². The molecule has 0 bridgehead atoms. The van der Waals surface area contributed by atoms with Crippen molar-refractivity contribution in [1.29, 1.82) is 0 Å². The first-order valence-corrected chi connectivity index (χ1v) is 14.3. The molecule has 182 valence electrons. The van der Waals surface area contributed by atoms with Gasteiger partial charge in [0.1, 0.15) is 11.5 Å². The fraction of sp³-hybridized carbons (Fsp3) is 0.292. The molecule has 5 rings (SSSR count). The van der Waals surface area contributed by atoms with Crippen molar-refractivity contribution in [2.24, 2.45) is 0 Å². The number of thioether (sulfide) groups is 1. The third-order valence-electron chi connectivity index (χ3n) is 6.01. The molecule has 11 heteroatoms. The van der Waals surface area contributed by atoms with Crippen LogP contribution in [-0.4, -0.2) is 65.8 Å². The van der Waals surface area contributed by atoms with Crippen LogP contribution in [0.4, 0.5) is 23.1 Å². The van der Waals surface area contributed by atoms with Gasteiger partial charge < -0.3 is 14.8 Å². The smallest absolute Gasteiger partial charge is 0.233 e. The van der Waals surface area contributed by atoms with Gasteiger partial charge in [-0.15, -0.1) is 0 Å². The Morgan fingerprint density at radius 1 is 1.09 bits per heavy atom. The first-order chi connectivity index (χ1) is 16.9. The molecule has 1 aromatic carbocycles. The minimum Gasteiger partial charge on any atom is -0.370 e. The molecule has 0 radical (unpaired) electrons. The topological polar surface area (TPSA) is 96.2 Å². The first-order valence-electron chi connectivity index (χ1n) is 11.3. The van der Waals surface area contributed by atoms with E-state index >= 15 is 0 Å². The Bertz CT molecular complexity index is 1430. The van der Waals surface area contributed by atoms with Gasteiger partial charge in [-0.2, -0.15) is 16.7 Å². The minimum atomic E-state index is -3.43. The molecule has 3 aromatic heterocycles. The minimum absolute atomic E-state index is 0.400. The van der Waals surface area contributed by atoms with Crippen molar-refractivity contribution in [3.8, 4) is 0 Å². The molecule has 9 nitrogen and oxygen atoms in total. The molecule has 4 heterocycles. The second-order valence-electron chi connectivity index (χ2n) is 8.40. The van der Waals surface area contributed by atoms with E-state index in [9.17, 15) is 8.42 Å². The third-order valence-corrected chi connectivity index (χ3v) is 8.12. The van der Waals surface area contributed by atoms with Crippen molar-refractivity contribution in [3.63, 3.8) is 0 Å². The lowest BCUT2D eigenvalue weighted by Gasteiger charge is -2.28. The highest BCUT2D eigenvalue weighted by Crippen LogP contribution is 2.25. The number of anilines is 4. The second-order valence-corrected chi connectivity index (χ2v) is 11.6.